The fraction of sp³-hybridized carbons (Fsp3) is 0.923. The highest BCUT2D eigenvalue weighted by Gasteiger charge is 2.01. The van der Waals surface area contributed by atoms with Crippen molar-refractivity contribution in [2.24, 2.45) is 5.92 Å². The molecule has 0 aliphatic heterocycles. The third kappa shape index (κ3) is 9.92. The summed E-state index contributed by atoms with van der Waals surface area (Å²) >= 11 is 0. The number of hydrogen-bond donors (Lipinski definition) is 0. The first-order valence-electron chi connectivity index (χ1n) is 6.14. The largest absolute Gasteiger partial charge is 0.0654 e. The van der Waals surface area contributed by atoms with Crippen molar-refractivity contribution < 1.29 is 0 Å². The van der Waals surface area contributed by atoms with Gasteiger partial charge in [-0.15, -0.1) is 0 Å². The van der Waals surface area contributed by atoms with Crippen molar-refractivity contribution in [3.05, 3.63) is 6.42 Å². The van der Waals surface area contributed by atoms with E-state index in [1.807, 2.05) is 0 Å². The minimum absolute atomic E-state index is 0.850. The molecule has 0 amide bonds. The van der Waals surface area contributed by atoms with E-state index in [4.69, 9.17) is 0 Å². The van der Waals surface area contributed by atoms with Crippen molar-refractivity contribution in [1.29, 1.82) is 0 Å². The summed E-state index contributed by atoms with van der Waals surface area (Å²) in [6, 6.07) is 0. The van der Waals surface area contributed by atoms with Crippen LogP contribution < -0.4 is 0 Å². The normalized spacial score (nSPS) is 13.2. The van der Waals surface area contributed by atoms with Crippen molar-refractivity contribution in [1.82, 2.24) is 0 Å². The van der Waals surface area contributed by atoms with Crippen LogP contribution in [0.15, 0.2) is 0 Å². The molecule has 0 saturated carbocycles. The highest BCUT2D eigenvalue weighted by Crippen LogP contribution is 2.15. The van der Waals surface area contributed by atoms with E-state index in [0.717, 1.165) is 5.92 Å². The van der Waals surface area contributed by atoms with Crippen LogP contribution in [0.1, 0.15) is 72.1 Å². The Balaban J connectivity index is 3.05. The summed E-state index contributed by atoms with van der Waals surface area (Å²) < 4.78 is 0. The van der Waals surface area contributed by atoms with Gasteiger partial charge in [-0.1, -0.05) is 65.7 Å². The third-order valence-corrected chi connectivity index (χ3v) is 2.64. The zero-order valence-electron chi connectivity index (χ0n) is 9.81. The second-order valence-electron chi connectivity index (χ2n) is 4.20. The standard InChI is InChI=1S/C13H27/c1-4-6-8-10-12-13(3)11-9-7-5-2/h11,13H,4-10,12H2,1-3H3. The number of rotatable bonds is 9. The van der Waals surface area contributed by atoms with E-state index in [0.29, 0.717) is 0 Å². The van der Waals surface area contributed by atoms with E-state index in [-0.39, 0.29) is 0 Å². The maximum absolute atomic E-state index is 2.51. The van der Waals surface area contributed by atoms with Crippen molar-refractivity contribution in [2.45, 2.75) is 72.1 Å². The second kappa shape index (κ2) is 10.1. The molecule has 0 aromatic carbocycles. The van der Waals surface area contributed by atoms with Gasteiger partial charge in [0, 0.05) is 0 Å². The molecule has 0 saturated heterocycles. The van der Waals surface area contributed by atoms with Crippen molar-refractivity contribution in [3.8, 4) is 0 Å². The van der Waals surface area contributed by atoms with Crippen molar-refractivity contribution in [3.63, 3.8) is 0 Å². The molecule has 0 spiro atoms. The summed E-state index contributed by atoms with van der Waals surface area (Å²) in [7, 11) is 0. The maximum Gasteiger partial charge on any atom is -0.0358 e. The van der Waals surface area contributed by atoms with Gasteiger partial charge in [-0.25, -0.2) is 0 Å². The van der Waals surface area contributed by atoms with Crippen LogP contribution in [0.4, 0.5) is 0 Å². The Morgan fingerprint density at radius 1 is 0.923 bits per heavy atom. The highest BCUT2D eigenvalue weighted by atomic mass is 14.1. The Morgan fingerprint density at radius 2 is 1.62 bits per heavy atom. The lowest BCUT2D eigenvalue weighted by Gasteiger charge is -2.09. The lowest BCUT2D eigenvalue weighted by Crippen LogP contribution is -1.95. The molecule has 0 aromatic heterocycles. The van der Waals surface area contributed by atoms with Crippen LogP contribution in [-0.4, -0.2) is 0 Å². The molecule has 0 aliphatic carbocycles. The SMILES string of the molecule is CCCC[CH]C(C)CCCCCC. The molecule has 1 atom stereocenters. The Kier molecular flexibility index (Phi) is 10.1. The minimum Gasteiger partial charge on any atom is -0.0654 e. The van der Waals surface area contributed by atoms with Gasteiger partial charge in [0.05, 0.1) is 0 Å². The van der Waals surface area contributed by atoms with Crippen LogP contribution in [0.5, 0.6) is 0 Å². The summed E-state index contributed by atoms with van der Waals surface area (Å²) in [5.41, 5.74) is 0. The Morgan fingerprint density at radius 3 is 2.23 bits per heavy atom. The van der Waals surface area contributed by atoms with Crippen molar-refractivity contribution >= 4 is 0 Å². The van der Waals surface area contributed by atoms with Gasteiger partial charge in [0.25, 0.3) is 0 Å². The van der Waals surface area contributed by atoms with Gasteiger partial charge in [-0.2, -0.15) is 0 Å². The first-order chi connectivity index (χ1) is 6.31. The molecule has 0 fully saturated rings. The first-order valence-corrected chi connectivity index (χ1v) is 6.14. The fourth-order valence-corrected chi connectivity index (χ4v) is 1.62. The van der Waals surface area contributed by atoms with E-state index in [2.05, 4.69) is 27.2 Å². The third-order valence-electron chi connectivity index (χ3n) is 2.64. The molecule has 13 heavy (non-hydrogen) atoms. The average Bonchev–Trinajstić information content (AvgIpc) is 2.13. The zero-order valence-corrected chi connectivity index (χ0v) is 9.81. The number of hydrogen-bond acceptors (Lipinski definition) is 0. The lowest BCUT2D eigenvalue weighted by molar-refractivity contribution is 0.519. The van der Waals surface area contributed by atoms with Gasteiger partial charge >= 0.3 is 0 Å². The molecular formula is C13H27. The van der Waals surface area contributed by atoms with Gasteiger partial charge in [0.2, 0.25) is 0 Å². The molecule has 0 aromatic rings. The monoisotopic (exact) mass is 183 g/mol. The van der Waals surface area contributed by atoms with Crippen LogP contribution in [-0.2, 0) is 0 Å². The quantitative estimate of drug-likeness (QED) is 0.442. The Bertz CT molecular complexity index is 86.0. The summed E-state index contributed by atoms with van der Waals surface area (Å²) in [5.74, 6) is 0.850. The van der Waals surface area contributed by atoms with Gasteiger partial charge in [0.1, 0.15) is 0 Å². The van der Waals surface area contributed by atoms with E-state index in [1.165, 1.54) is 51.4 Å². The summed E-state index contributed by atoms with van der Waals surface area (Å²) in [4.78, 5) is 0. The van der Waals surface area contributed by atoms with Gasteiger partial charge < -0.3 is 0 Å². The van der Waals surface area contributed by atoms with Crippen LogP contribution in [0.2, 0.25) is 0 Å². The molecule has 0 aliphatic rings. The molecule has 0 nitrogen and oxygen atoms in total. The van der Waals surface area contributed by atoms with E-state index in [1.54, 1.807) is 0 Å². The summed E-state index contributed by atoms with van der Waals surface area (Å²) in [6.07, 6.45) is 13.6. The van der Waals surface area contributed by atoms with Crippen LogP contribution in [0.3, 0.4) is 0 Å². The zero-order chi connectivity index (χ0) is 9.94. The van der Waals surface area contributed by atoms with Gasteiger partial charge in [0.15, 0.2) is 0 Å². The molecule has 79 valence electrons. The molecule has 1 unspecified atom stereocenters. The molecule has 0 rings (SSSR count). The van der Waals surface area contributed by atoms with Crippen LogP contribution >= 0.6 is 0 Å². The van der Waals surface area contributed by atoms with E-state index < -0.39 is 0 Å². The average molecular weight is 183 g/mol. The van der Waals surface area contributed by atoms with Crippen molar-refractivity contribution in [2.75, 3.05) is 0 Å². The Labute approximate surface area is 85.1 Å². The molecule has 0 heterocycles. The maximum atomic E-state index is 2.51. The predicted octanol–water partition coefficient (Wildman–Crippen LogP) is 4.99. The molecular weight excluding hydrogens is 156 g/mol. The van der Waals surface area contributed by atoms with Crippen LogP contribution in [0, 0.1) is 12.3 Å². The summed E-state index contributed by atoms with van der Waals surface area (Å²) in [6.45, 7) is 6.90. The predicted molar refractivity (Wildman–Crippen MR) is 61.7 cm³/mol. The summed E-state index contributed by atoms with van der Waals surface area (Å²) in [5, 5.41) is 0. The van der Waals surface area contributed by atoms with Gasteiger partial charge in [-0.05, 0) is 18.8 Å². The van der Waals surface area contributed by atoms with E-state index >= 15 is 0 Å². The molecule has 0 bridgehead atoms. The van der Waals surface area contributed by atoms with Crippen LogP contribution in [0.25, 0.3) is 0 Å². The molecule has 1 radical (unpaired) electrons. The minimum atomic E-state index is 0.850. The highest BCUT2D eigenvalue weighted by molar-refractivity contribution is 4.72. The first kappa shape index (κ1) is 13.0. The molecule has 0 N–H and O–H groups in total. The van der Waals surface area contributed by atoms with E-state index in [9.17, 15) is 0 Å². The molecule has 0 heteroatoms. The Hall–Kier alpha value is 0. The number of unbranched alkanes of at least 4 members (excludes halogenated alkanes) is 5. The lowest BCUT2D eigenvalue weighted by atomic mass is 9.97. The second-order valence-corrected chi connectivity index (χ2v) is 4.20. The smallest absolute Gasteiger partial charge is 0.0358 e. The van der Waals surface area contributed by atoms with Gasteiger partial charge in [-0.3, -0.25) is 0 Å². The topological polar surface area (TPSA) is 0 Å². The fourth-order valence-electron chi connectivity index (χ4n) is 1.62.